The molecule has 12 rings (SSSR count). The lowest BCUT2D eigenvalue weighted by atomic mass is 9.94. The van der Waals surface area contributed by atoms with Gasteiger partial charge in [0.2, 0.25) is 0 Å². The summed E-state index contributed by atoms with van der Waals surface area (Å²) in [6.45, 7) is 0. The van der Waals surface area contributed by atoms with Gasteiger partial charge in [0.05, 0.1) is 16.7 Å². The Morgan fingerprint density at radius 2 is 0.812 bits per heavy atom. The van der Waals surface area contributed by atoms with E-state index in [1.54, 1.807) is 0 Å². The molecule has 0 N–H and O–H groups in total. The number of fused-ring (bicyclic) bond motifs is 6. The van der Waals surface area contributed by atoms with Crippen LogP contribution in [0.3, 0.4) is 0 Å². The van der Waals surface area contributed by atoms with E-state index in [4.69, 9.17) is 0 Å². The van der Waals surface area contributed by atoms with Gasteiger partial charge in [0.25, 0.3) is 0 Å². The molecule has 2 heteroatoms. The first-order chi connectivity index (χ1) is 31.8. The Hall–Kier alpha value is -8.46. The van der Waals surface area contributed by atoms with Crippen LogP contribution in [0.25, 0.3) is 93.5 Å². The van der Waals surface area contributed by atoms with E-state index in [0.717, 1.165) is 28.3 Å². The number of hydrogen-bond acceptors (Lipinski definition) is 1. The third-order valence-corrected chi connectivity index (χ3v) is 12.8. The van der Waals surface area contributed by atoms with Gasteiger partial charge in [-0.05, 0) is 121 Å². The minimum absolute atomic E-state index is 1.09. The molecule has 0 spiro atoms. The maximum atomic E-state index is 2.44. The van der Waals surface area contributed by atoms with Gasteiger partial charge in [-0.15, -0.1) is 0 Å². The highest BCUT2D eigenvalue weighted by Gasteiger charge is 2.20. The predicted molar refractivity (Wildman–Crippen MR) is 272 cm³/mol. The van der Waals surface area contributed by atoms with Crippen LogP contribution in [-0.2, 0) is 0 Å². The quantitative estimate of drug-likeness (QED) is 0.139. The van der Waals surface area contributed by atoms with Gasteiger partial charge in [0.15, 0.2) is 0 Å². The zero-order chi connectivity index (χ0) is 42.4. The second-order valence-electron chi connectivity index (χ2n) is 16.5. The first kappa shape index (κ1) is 37.3. The number of hydrogen-bond donors (Lipinski definition) is 0. The molecule has 0 aliphatic rings. The van der Waals surface area contributed by atoms with E-state index in [1.165, 1.54) is 82.3 Å². The molecule has 300 valence electrons. The van der Waals surface area contributed by atoms with E-state index >= 15 is 0 Å². The molecule has 0 aliphatic carbocycles. The third kappa shape index (κ3) is 6.44. The molecule has 0 aliphatic heterocycles. The van der Waals surface area contributed by atoms with Crippen LogP contribution in [0.15, 0.2) is 255 Å². The van der Waals surface area contributed by atoms with Crippen molar-refractivity contribution in [3.63, 3.8) is 0 Å². The topological polar surface area (TPSA) is 8.17 Å². The van der Waals surface area contributed by atoms with Crippen molar-refractivity contribution in [3.8, 4) is 50.2 Å². The van der Waals surface area contributed by atoms with Gasteiger partial charge in [-0.1, -0.05) is 194 Å². The van der Waals surface area contributed by atoms with Crippen LogP contribution in [0.5, 0.6) is 0 Å². The van der Waals surface area contributed by atoms with Gasteiger partial charge >= 0.3 is 0 Å². The van der Waals surface area contributed by atoms with Crippen molar-refractivity contribution >= 4 is 60.4 Å². The summed E-state index contributed by atoms with van der Waals surface area (Å²) in [6.07, 6.45) is 0. The van der Waals surface area contributed by atoms with Crippen LogP contribution in [-0.4, -0.2) is 4.57 Å². The van der Waals surface area contributed by atoms with Crippen LogP contribution in [0, 0.1) is 0 Å². The molecule has 0 fully saturated rings. The van der Waals surface area contributed by atoms with E-state index in [9.17, 15) is 0 Å². The van der Waals surface area contributed by atoms with Gasteiger partial charge in [0, 0.05) is 33.2 Å². The van der Waals surface area contributed by atoms with E-state index in [1.807, 2.05) is 0 Å². The molecule has 1 aromatic heterocycles. The van der Waals surface area contributed by atoms with Crippen molar-refractivity contribution in [2.75, 3.05) is 4.90 Å². The summed E-state index contributed by atoms with van der Waals surface area (Å²) >= 11 is 0. The average Bonchev–Trinajstić information content (AvgIpc) is 3.72. The number of para-hydroxylation sites is 2. The standard InChI is InChI=1S/C62H42N2/c1-3-18-43(19-4-1)52-27-9-10-28-53(52)44-36-38-50(39-37-44)63(61-42-48-20-7-8-29-54(48)56-30-11-12-31-57(56)61)51-26-16-22-46(41-51)45-21-15-23-47(40-45)55-33-17-35-60-62(55)58-32-13-14-34-59(58)64(60)49-24-5-2-6-25-49/h1-42H. The van der Waals surface area contributed by atoms with E-state index in [2.05, 4.69) is 264 Å². The third-order valence-electron chi connectivity index (χ3n) is 12.8. The maximum Gasteiger partial charge on any atom is 0.0547 e. The number of rotatable bonds is 8. The highest BCUT2D eigenvalue weighted by Crippen LogP contribution is 2.45. The lowest BCUT2D eigenvalue weighted by molar-refractivity contribution is 1.18. The molecule has 0 atom stereocenters. The Bertz CT molecular complexity index is 3660. The van der Waals surface area contributed by atoms with Gasteiger partial charge < -0.3 is 9.47 Å². The highest BCUT2D eigenvalue weighted by molar-refractivity contribution is 6.16. The van der Waals surface area contributed by atoms with Crippen molar-refractivity contribution in [3.05, 3.63) is 255 Å². The second-order valence-corrected chi connectivity index (χ2v) is 16.5. The smallest absolute Gasteiger partial charge is 0.0547 e. The van der Waals surface area contributed by atoms with Crippen LogP contribution in [0.2, 0.25) is 0 Å². The molecule has 0 bridgehead atoms. The second kappa shape index (κ2) is 15.8. The summed E-state index contributed by atoms with van der Waals surface area (Å²) in [5, 5.41) is 7.41. The molecule has 0 saturated heterocycles. The molecule has 12 aromatic rings. The predicted octanol–water partition coefficient (Wildman–Crippen LogP) is 17.2. The first-order valence-electron chi connectivity index (χ1n) is 22.0. The largest absolute Gasteiger partial charge is 0.310 e. The molecule has 0 saturated carbocycles. The fourth-order valence-corrected chi connectivity index (χ4v) is 9.85. The summed E-state index contributed by atoms with van der Waals surface area (Å²) in [7, 11) is 0. The number of aromatic nitrogens is 1. The van der Waals surface area contributed by atoms with Crippen molar-refractivity contribution in [2.45, 2.75) is 0 Å². The van der Waals surface area contributed by atoms with Crippen molar-refractivity contribution in [2.24, 2.45) is 0 Å². The lowest BCUT2D eigenvalue weighted by Crippen LogP contribution is -2.11. The Morgan fingerprint density at radius 1 is 0.281 bits per heavy atom. The first-order valence-corrected chi connectivity index (χ1v) is 22.0. The molecule has 64 heavy (non-hydrogen) atoms. The SMILES string of the molecule is c1ccc(-c2ccccc2-c2ccc(N(c3cccc(-c4cccc(-c5cccc6c5c5ccccc5n6-c5ccccc5)c4)c3)c3cc4ccccc4c4ccccc34)cc2)cc1. The Kier molecular flexibility index (Phi) is 9.20. The summed E-state index contributed by atoms with van der Waals surface area (Å²) in [5.41, 5.74) is 16.4. The van der Waals surface area contributed by atoms with Crippen LogP contribution < -0.4 is 4.90 Å². The zero-order valence-electron chi connectivity index (χ0n) is 35.1. The van der Waals surface area contributed by atoms with E-state index < -0.39 is 0 Å². The molecular formula is C62H42N2. The van der Waals surface area contributed by atoms with Gasteiger partial charge in [0.1, 0.15) is 0 Å². The maximum absolute atomic E-state index is 2.44. The van der Waals surface area contributed by atoms with E-state index in [-0.39, 0.29) is 0 Å². The van der Waals surface area contributed by atoms with Gasteiger partial charge in [-0.2, -0.15) is 0 Å². The molecule has 2 nitrogen and oxygen atoms in total. The number of nitrogens with zero attached hydrogens (tertiary/aromatic N) is 2. The van der Waals surface area contributed by atoms with E-state index in [0.29, 0.717) is 0 Å². The molecule has 0 unspecified atom stereocenters. The normalized spacial score (nSPS) is 11.4. The van der Waals surface area contributed by atoms with Crippen molar-refractivity contribution < 1.29 is 0 Å². The molecular weight excluding hydrogens is 773 g/mol. The molecule has 11 aromatic carbocycles. The van der Waals surface area contributed by atoms with Crippen molar-refractivity contribution in [1.82, 2.24) is 4.57 Å². The fourth-order valence-electron chi connectivity index (χ4n) is 9.85. The Morgan fingerprint density at radius 3 is 1.59 bits per heavy atom. The monoisotopic (exact) mass is 814 g/mol. The summed E-state index contributed by atoms with van der Waals surface area (Å²) in [4.78, 5) is 2.44. The van der Waals surface area contributed by atoms with Crippen LogP contribution in [0.1, 0.15) is 0 Å². The molecule has 1 heterocycles. The number of anilines is 3. The molecule has 0 amide bonds. The fraction of sp³-hybridized carbons (Fsp3) is 0. The van der Waals surface area contributed by atoms with Crippen LogP contribution >= 0.6 is 0 Å². The highest BCUT2D eigenvalue weighted by atomic mass is 15.1. The Labute approximate surface area is 373 Å². The Balaban J connectivity index is 1.00. The van der Waals surface area contributed by atoms with Gasteiger partial charge in [-0.3, -0.25) is 0 Å². The zero-order valence-corrected chi connectivity index (χ0v) is 35.1. The van der Waals surface area contributed by atoms with Crippen LogP contribution in [0.4, 0.5) is 17.1 Å². The lowest BCUT2D eigenvalue weighted by Gasteiger charge is -2.28. The van der Waals surface area contributed by atoms with Crippen molar-refractivity contribution in [1.29, 1.82) is 0 Å². The average molecular weight is 815 g/mol. The minimum atomic E-state index is 1.09. The summed E-state index contributed by atoms with van der Waals surface area (Å²) in [6, 6.07) is 92.7. The molecule has 0 radical (unpaired) electrons. The minimum Gasteiger partial charge on any atom is -0.310 e. The number of benzene rings is 11. The van der Waals surface area contributed by atoms with Gasteiger partial charge in [-0.25, -0.2) is 0 Å². The summed E-state index contributed by atoms with van der Waals surface area (Å²) < 4.78 is 2.39. The summed E-state index contributed by atoms with van der Waals surface area (Å²) in [5.74, 6) is 0.